The fourth-order valence-corrected chi connectivity index (χ4v) is 3.61. The molecule has 3 N–H and O–H groups in total. The molecule has 1 atom stereocenters. The van der Waals surface area contributed by atoms with Gasteiger partial charge in [0.2, 0.25) is 15.9 Å². The standard InChI is InChI=1S/C19H21N3O5S/c1-12(23)20-13-7-8-17(22-28(2,25)26)15(11-13)19(24)21-16-9-10-27-18-6-4-3-5-14(16)18/h3-8,11,16,22H,9-10H2,1-2H3,(H,20,23)(H,21,24). The van der Waals surface area contributed by atoms with E-state index in [4.69, 9.17) is 4.74 Å². The summed E-state index contributed by atoms with van der Waals surface area (Å²) >= 11 is 0. The molecule has 0 spiro atoms. The van der Waals surface area contributed by atoms with E-state index in [-0.39, 0.29) is 23.2 Å². The minimum atomic E-state index is -3.59. The third-order valence-electron chi connectivity index (χ3n) is 4.14. The molecule has 2 amide bonds. The molecule has 1 unspecified atom stereocenters. The lowest BCUT2D eigenvalue weighted by atomic mass is 10.00. The molecule has 1 aliphatic heterocycles. The summed E-state index contributed by atoms with van der Waals surface area (Å²) in [6, 6.07) is 11.6. The summed E-state index contributed by atoms with van der Waals surface area (Å²) in [5.74, 6) is -0.0471. The number of anilines is 2. The molecular weight excluding hydrogens is 382 g/mol. The molecule has 2 aromatic rings. The van der Waals surface area contributed by atoms with Crippen LogP contribution in [0.1, 0.15) is 35.3 Å². The molecule has 0 bridgehead atoms. The van der Waals surface area contributed by atoms with Crippen LogP contribution < -0.4 is 20.1 Å². The topological polar surface area (TPSA) is 114 Å². The average molecular weight is 403 g/mol. The maximum atomic E-state index is 13.0. The molecule has 8 nitrogen and oxygen atoms in total. The van der Waals surface area contributed by atoms with Crippen LogP contribution in [-0.2, 0) is 14.8 Å². The Morgan fingerprint density at radius 3 is 2.61 bits per heavy atom. The Balaban J connectivity index is 1.92. The van der Waals surface area contributed by atoms with Crippen molar-refractivity contribution in [3.8, 4) is 5.75 Å². The predicted octanol–water partition coefficient (Wildman–Crippen LogP) is 2.27. The minimum absolute atomic E-state index is 0.112. The Kier molecular flexibility index (Phi) is 5.55. The van der Waals surface area contributed by atoms with Crippen LogP contribution in [0, 0.1) is 0 Å². The zero-order valence-corrected chi connectivity index (χ0v) is 16.3. The van der Waals surface area contributed by atoms with E-state index in [1.165, 1.54) is 25.1 Å². The highest BCUT2D eigenvalue weighted by Crippen LogP contribution is 2.32. The maximum Gasteiger partial charge on any atom is 0.253 e. The lowest BCUT2D eigenvalue weighted by Gasteiger charge is -2.27. The van der Waals surface area contributed by atoms with Crippen molar-refractivity contribution in [1.29, 1.82) is 0 Å². The molecule has 148 valence electrons. The quantitative estimate of drug-likeness (QED) is 0.709. The fraction of sp³-hybridized carbons (Fsp3) is 0.263. The summed E-state index contributed by atoms with van der Waals surface area (Å²) in [6.07, 6.45) is 1.59. The van der Waals surface area contributed by atoms with Gasteiger partial charge in [0.1, 0.15) is 5.75 Å². The molecule has 1 heterocycles. The van der Waals surface area contributed by atoms with Crippen LogP contribution in [0.3, 0.4) is 0 Å². The van der Waals surface area contributed by atoms with Crippen LogP contribution in [0.4, 0.5) is 11.4 Å². The van der Waals surface area contributed by atoms with Gasteiger partial charge in [0.05, 0.1) is 30.2 Å². The van der Waals surface area contributed by atoms with Gasteiger partial charge in [-0.25, -0.2) is 8.42 Å². The van der Waals surface area contributed by atoms with Gasteiger partial charge in [-0.15, -0.1) is 0 Å². The monoisotopic (exact) mass is 403 g/mol. The highest BCUT2D eigenvalue weighted by Gasteiger charge is 2.24. The number of benzene rings is 2. The van der Waals surface area contributed by atoms with Crippen molar-refractivity contribution < 1.29 is 22.7 Å². The summed E-state index contributed by atoms with van der Waals surface area (Å²) in [5, 5.41) is 5.52. The van der Waals surface area contributed by atoms with E-state index >= 15 is 0 Å². The van der Waals surface area contributed by atoms with E-state index in [2.05, 4.69) is 15.4 Å². The van der Waals surface area contributed by atoms with Gasteiger partial charge < -0.3 is 15.4 Å². The number of rotatable bonds is 5. The zero-order chi connectivity index (χ0) is 20.3. The average Bonchev–Trinajstić information content (AvgIpc) is 2.61. The van der Waals surface area contributed by atoms with Gasteiger partial charge in [-0.05, 0) is 24.3 Å². The number of carbonyl (C=O) groups excluding carboxylic acids is 2. The van der Waals surface area contributed by atoms with Gasteiger partial charge in [0.15, 0.2) is 0 Å². The molecule has 28 heavy (non-hydrogen) atoms. The largest absolute Gasteiger partial charge is 0.493 e. The van der Waals surface area contributed by atoms with Crippen molar-refractivity contribution in [2.45, 2.75) is 19.4 Å². The van der Waals surface area contributed by atoms with Gasteiger partial charge in [-0.1, -0.05) is 18.2 Å². The second-order valence-corrected chi connectivity index (χ2v) is 8.27. The van der Waals surface area contributed by atoms with E-state index in [0.29, 0.717) is 24.5 Å². The number of para-hydroxylation sites is 1. The van der Waals surface area contributed by atoms with Gasteiger partial charge >= 0.3 is 0 Å². The fourth-order valence-electron chi connectivity index (χ4n) is 3.03. The molecule has 0 aliphatic carbocycles. The molecule has 3 rings (SSSR count). The van der Waals surface area contributed by atoms with Crippen LogP contribution in [0.25, 0.3) is 0 Å². The second kappa shape index (κ2) is 7.89. The smallest absolute Gasteiger partial charge is 0.253 e. The van der Waals surface area contributed by atoms with E-state index in [9.17, 15) is 18.0 Å². The molecule has 0 saturated heterocycles. The Bertz CT molecular complexity index is 1020. The summed E-state index contributed by atoms with van der Waals surface area (Å²) in [4.78, 5) is 24.3. The number of fused-ring (bicyclic) bond motifs is 1. The zero-order valence-electron chi connectivity index (χ0n) is 15.5. The van der Waals surface area contributed by atoms with E-state index in [1.807, 2.05) is 24.3 Å². The van der Waals surface area contributed by atoms with Crippen molar-refractivity contribution >= 4 is 33.2 Å². The van der Waals surface area contributed by atoms with Crippen LogP contribution in [0.2, 0.25) is 0 Å². The van der Waals surface area contributed by atoms with Crippen LogP contribution in [-0.4, -0.2) is 33.1 Å². The summed E-state index contributed by atoms with van der Waals surface area (Å²) in [5.41, 5.74) is 1.50. The number of sulfonamides is 1. The molecular formula is C19H21N3O5S. The van der Waals surface area contributed by atoms with Gasteiger partial charge in [-0.3, -0.25) is 14.3 Å². The Morgan fingerprint density at radius 1 is 1.14 bits per heavy atom. The first-order chi connectivity index (χ1) is 13.2. The molecule has 0 fully saturated rings. The number of ether oxygens (including phenoxy) is 1. The Hall–Kier alpha value is -3.07. The number of carbonyl (C=O) groups is 2. The molecule has 1 aliphatic rings. The number of hydrogen-bond donors (Lipinski definition) is 3. The normalized spacial score (nSPS) is 15.7. The Labute approximate surface area is 163 Å². The van der Waals surface area contributed by atoms with Crippen molar-refractivity contribution in [3.05, 3.63) is 53.6 Å². The van der Waals surface area contributed by atoms with Crippen molar-refractivity contribution in [3.63, 3.8) is 0 Å². The molecule has 0 aromatic heterocycles. The number of nitrogens with one attached hydrogen (secondary N) is 3. The highest BCUT2D eigenvalue weighted by molar-refractivity contribution is 7.92. The number of hydrogen-bond acceptors (Lipinski definition) is 5. The predicted molar refractivity (Wildman–Crippen MR) is 106 cm³/mol. The lowest BCUT2D eigenvalue weighted by Crippen LogP contribution is -2.32. The third-order valence-corrected chi connectivity index (χ3v) is 4.73. The van der Waals surface area contributed by atoms with Crippen LogP contribution >= 0.6 is 0 Å². The van der Waals surface area contributed by atoms with E-state index in [0.717, 1.165) is 11.8 Å². The maximum absolute atomic E-state index is 13.0. The molecule has 0 radical (unpaired) electrons. The first kappa shape index (κ1) is 19.7. The summed E-state index contributed by atoms with van der Waals surface area (Å²) < 4.78 is 31.3. The Morgan fingerprint density at radius 2 is 1.89 bits per heavy atom. The van der Waals surface area contributed by atoms with Crippen molar-refractivity contribution in [1.82, 2.24) is 5.32 Å². The first-order valence-corrected chi connectivity index (χ1v) is 10.5. The van der Waals surface area contributed by atoms with Gasteiger partial charge in [0.25, 0.3) is 5.91 Å². The third kappa shape index (κ3) is 4.80. The minimum Gasteiger partial charge on any atom is -0.493 e. The number of amides is 2. The van der Waals surface area contributed by atoms with Crippen molar-refractivity contribution in [2.24, 2.45) is 0 Å². The van der Waals surface area contributed by atoms with Crippen molar-refractivity contribution in [2.75, 3.05) is 22.9 Å². The molecule has 9 heteroatoms. The van der Waals surface area contributed by atoms with E-state index < -0.39 is 15.9 Å². The van der Waals surface area contributed by atoms with Gasteiger partial charge in [0, 0.05) is 24.6 Å². The lowest BCUT2D eigenvalue weighted by molar-refractivity contribution is -0.114. The SMILES string of the molecule is CC(=O)Nc1ccc(NS(C)(=O)=O)c(C(=O)NC2CCOc3ccccc32)c1. The van der Waals surface area contributed by atoms with Crippen LogP contribution in [0.5, 0.6) is 5.75 Å². The summed E-state index contributed by atoms with van der Waals surface area (Å²) in [7, 11) is -3.59. The van der Waals surface area contributed by atoms with E-state index in [1.54, 1.807) is 0 Å². The molecule has 2 aromatic carbocycles. The molecule has 0 saturated carbocycles. The first-order valence-electron chi connectivity index (χ1n) is 8.65. The van der Waals surface area contributed by atoms with Crippen LogP contribution in [0.15, 0.2) is 42.5 Å². The summed E-state index contributed by atoms with van der Waals surface area (Å²) in [6.45, 7) is 1.81. The highest BCUT2D eigenvalue weighted by atomic mass is 32.2. The van der Waals surface area contributed by atoms with Gasteiger partial charge in [-0.2, -0.15) is 0 Å². The second-order valence-electron chi connectivity index (χ2n) is 6.52.